The standard InChI is InChI=1S/C21H24N2O4/c1-3-12-27-19-7-5-4-6-18(19)22-21(25)15-13-20(24)23(14-15)16-8-10-17(26-2)11-9-16/h4-11,15H,3,12-14H2,1-2H3,(H,22,25). The van der Waals surface area contributed by atoms with Crippen LogP contribution < -0.4 is 19.7 Å². The maximum atomic E-state index is 12.7. The van der Waals surface area contributed by atoms with E-state index in [1.807, 2.05) is 37.3 Å². The van der Waals surface area contributed by atoms with E-state index in [9.17, 15) is 9.59 Å². The molecule has 1 saturated heterocycles. The SMILES string of the molecule is CCCOc1ccccc1NC(=O)C1CC(=O)N(c2ccc(OC)cc2)C1. The average molecular weight is 368 g/mol. The van der Waals surface area contributed by atoms with Crippen molar-refractivity contribution in [1.29, 1.82) is 0 Å². The first-order chi connectivity index (χ1) is 13.1. The maximum Gasteiger partial charge on any atom is 0.229 e. The van der Waals surface area contributed by atoms with E-state index >= 15 is 0 Å². The van der Waals surface area contributed by atoms with Crippen LogP contribution in [0.4, 0.5) is 11.4 Å². The zero-order valence-electron chi connectivity index (χ0n) is 15.6. The quantitative estimate of drug-likeness (QED) is 0.812. The van der Waals surface area contributed by atoms with Crippen molar-refractivity contribution in [1.82, 2.24) is 0 Å². The van der Waals surface area contributed by atoms with Gasteiger partial charge in [0.15, 0.2) is 0 Å². The van der Waals surface area contributed by atoms with Crippen LogP contribution in [0.3, 0.4) is 0 Å². The highest BCUT2D eigenvalue weighted by molar-refractivity contribution is 6.03. The Bertz CT molecular complexity index is 804. The number of nitrogens with one attached hydrogen (secondary N) is 1. The Balaban J connectivity index is 1.67. The fourth-order valence-corrected chi connectivity index (χ4v) is 3.04. The number of para-hydroxylation sites is 2. The number of hydrogen-bond acceptors (Lipinski definition) is 4. The number of methoxy groups -OCH3 is 1. The van der Waals surface area contributed by atoms with Crippen molar-refractivity contribution in [3.05, 3.63) is 48.5 Å². The minimum atomic E-state index is -0.404. The van der Waals surface area contributed by atoms with Crippen molar-refractivity contribution in [2.75, 3.05) is 30.5 Å². The van der Waals surface area contributed by atoms with Gasteiger partial charge in [0, 0.05) is 18.7 Å². The van der Waals surface area contributed by atoms with Crippen LogP contribution in [0.25, 0.3) is 0 Å². The molecule has 142 valence electrons. The second kappa shape index (κ2) is 8.58. The predicted octanol–water partition coefficient (Wildman–Crippen LogP) is 3.48. The van der Waals surface area contributed by atoms with Crippen molar-refractivity contribution in [2.24, 2.45) is 5.92 Å². The van der Waals surface area contributed by atoms with Gasteiger partial charge in [-0.3, -0.25) is 9.59 Å². The van der Waals surface area contributed by atoms with Crippen LogP contribution in [-0.4, -0.2) is 32.1 Å². The lowest BCUT2D eigenvalue weighted by Crippen LogP contribution is -2.28. The van der Waals surface area contributed by atoms with Crippen molar-refractivity contribution in [3.63, 3.8) is 0 Å². The molecule has 2 aromatic rings. The Labute approximate surface area is 159 Å². The summed E-state index contributed by atoms with van der Waals surface area (Å²) in [5.74, 6) is 0.731. The average Bonchev–Trinajstić information content (AvgIpc) is 3.09. The summed E-state index contributed by atoms with van der Waals surface area (Å²) in [6.45, 7) is 2.97. The van der Waals surface area contributed by atoms with Crippen molar-refractivity contribution in [3.8, 4) is 11.5 Å². The molecule has 1 heterocycles. The number of anilines is 2. The van der Waals surface area contributed by atoms with Gasteiger partial charge < -0.3 is 19.7 Å². The van der Waals surface area contributed by atoms with Gasteiger partial charge >= 0.3 is 0 Å². The van der Waals surface area contributed by atoms with Gasteiger partial charge in [0.25, 0.3) is 0 Å². The molecular formula is C21H24N2O4. The summed E-state index contributed by atoms with van der Waals surface area (Å²) in [6, 6.07) is 14.6. The van der Waals surface area contributed by atoms with Crippen molar-refractivity contribution in [2.45, 2.75) is 19.8 Å². The normalized spacial score (nSPS) is 16.3. The number of carbonyl (C=O) groups excluding carboxylic acids is 2. The zero-order valence-corrected chi connectivity index (χ0v) is 15.6. The highest BCUT2D eigenvalue weighted by atomic mass is 16.5. The van der Waals surface area contributed by atoms with E-state index in [0.717, 1.165) is 17.9 Å². The summed E-state index contributed by atoms with van der Waals surface area (Å²) < 4.78 is 10.8. The van der Waals surface area contributed by atoms with Gasteiger partial charge in [-0.15, -0.1) is 0 Å². The summed E-state index contributed by atoms with van der Waals surface area (Å²) >= 11 is 0. The lowest BCUT2D eigenvalue weighted by Gasteiger charge is -2.17. The smallest absolute Gasteiger partial charge is 0.229 e. The highest BCUT2D eigenvalue weighted by Crippen LogP contribution is 2.29. The molecule has 1 atom stereocenters. The molecule has 1 N–H and O–H groups in total. The van der Waals surface area contributed by atoms with E-state index in [2.05, 4.69) is 5.32 Å². The molecule has 0 bridgehead atoms. The summed E-state index contributed by atoms with van der Waals surface area (Å²) in [5, 5.41) is 2.91. The third-order valence-corrected chi connectivity index (χ3v) is 4.49. The van der Waals surface area contributed by atoms with Crippen molar-refractivity contribution >= 4 is 23.2 Å². The molecule has 3 rings (SSSR count). The van der Waals surface area contributed by atoms with Crippen LogP contribution >= 0.6 is 0 Å². The first-order valence-corrected chi connectivity index (χ1v) is 9.09. The van der Waals surface area contributed by atoms with Gasteiger partial charge in [0.05, 0.1) is 25.3 Å². The summed E-state index contributed by atoms with van der Waals surface area (Å²) in [7, 11) is 1.60. The van der Waals surface area contributed by atoms with Crippen LogP contribution in [-0.2, 0) is 9.59 Å². The number of nitrogens with zero attached hydrogens (tertiary/aromatic N) is 1. The number of benzene rings is 2. The van der Waals surface area contributed by atoms with E-state index in [-0.39, 0.29) is 18.2 Å². The molecule has 0 spiro atoms. The minimum Gasteiger partial charge on any atom is -0.497 e. The first kappa shape index (κ1) is 18.8. The maximum absolute atomic E-state index is 12.7. The molecule has 1 unspecified atom stereocenters. The zero-order chi connectivity index (χ0) is 19.2. The molecule has 6 heteroatoms. The minimum absolute atomic E-state index is 0.0594. The monoisotopic (exact) mass is 368 g/mol. The van der Waals surface area contributed by atoms with E-state index in [4.69, 9.17) is 9.47 Å². The summed E-state index contributed by atoms with van der Waals surface area (Å²) in [6.07, 6.45) is 1.08. The number of amides is 2. The van der Waals surface area contributed by atoms with Crippen molar-refractivity contribution < 1.29 is 19.1 Å². The molecule has 0 aliphatic carbocycles. The highest BCUT2D eigenvalue weighted by Gasteiger charge is 2.35. The van der Waals surface area contributed by atoms with Crippen LogP contribution in [0.1, 0.15) is 19.8 Å². The van der Waals surface area contributed by atoms with Gasteiger partial charge in [-0.1, -0.05) is 19.1 Å². The van der Waals surface area contributed by atoms with Gasteiger partial charge in [0.2, 0.25) is 11.8 Å². The fourth-order valence-electron chi connectivity index (χ4n) is 3.04. The van der Waals surface area contributed by atoms with Gasteiger partial charge in [-0.05, 0) is 42.8 Å². The van der Waals surface area contributed by atoms with E-state index in [0.29, 0.717) is 24.6 Å². The Hall–Kier alpha value is -3.02. The molecule has 1 aliphatic heterocycles. The van der Waals surface area contributed by atoms with Gasteiger partial charge in [-0.25, -0.2) is 0 Å². The fraction of sp³-hybridized carbons (Fsp3) is 0.333. The van der Waals surface area contributed by atoms with E-state index < -0.39 is 5.92 Å². The molecule has 0 radical (unpaired) electrons. The van der Waals surface area contributed by atoms with E-state index in [1.54, 1.807) is 30.2 Å². The third-order valence-electron chi connectivity index (χ3n) is 4.49. The summed E-state index contributed by atoms with van der Waals surface area (Å²) in [4.78, 5) is 26.7. The Kier molecular flexibility index (Phi) is 5.96. The molecule has 2 amide bonds. The number of carbonyl (C=O) groups is 2. The number of rotatable bonds is 7. The number of ether oxygens (including phenoxy) is 2. The van der Waals surface area contributed by atoms with Crippen LogP contribution in [0.2, 0.25) is 0 Å². The largest absolute Gasteiger partial charge is 0.497 e. The van der Waals surface area contributed by atoms with E-state index in [1.165, 1.54) is 0 Å². The summed E-state index contributed by atoms with van der Waals surface area (Å²) in [5.41, 5.74) is 1.40. The Morgan fingerprint density at radius 2 is 1.93 bits per heavy atom. The lowest BCUT2D eigenvalue weighted by atomic mass is 10.1. The molecule has 0 saturated carbocycles. The topological polar surface area (TPSA) is 67.9 Å². The van der Waals surface area contributed by atoms with Gasteiger partial charge in [-0.2, -0.15) is 0 Å². The van der Waals surface area contributed by atoms with Crippen LogP contribution in [0.15, 0.2) is 48.5 Å². The molecule has 1 aliphatic rings. The molecule has 27 heavy (non-hydrogen) atoms. The first-order valence-electron chi connectivity index (χ1n) is 9.09. The molecule has 6 nitrogen and oxygen atoms in total. The van der Waals surface area contributed by atoms with Gasteiger partial charge in [0.1, 0.15) is 11.5 Å². The molecule has 0 aromatic heterocycles. The van der Waals surface area contributed by atoms with Crippen LogP contribution in [0, 0.1) is 5.92 Å². The second-order valence-corrected chi connectivity index (χ2v) is 6.44. The Morgan fingerprint density at radius 1 is 1.19 bits per heavy atom. The number of hydrogen-bond donors (Lipinski definition) is 1. The Morgan fingerprint density at radius 3 is 2.63 bits per heavy atom. The third kappa shape index (κ3) is 4.39. The predicted molar refractivity (Wildman–Crippen MR) is 104 cm³/mol. The molecule has 1 fully saturated rings. The molecule has 2 aromatic carbocycles. The second-order valence-electron chi connectivity index (χ2n) is 6.44. The van der Waals surface area contributed by atoms with Crippen LogP contribution in [0.5, 0.6) is 11.5 Å². The lowest BCUT2D eigenvalue weighted by molar-refractivity contribution is -0.122. The molecular weight excluding hydrogens is 344 g/mol.